The summed E-state index contributed by atoms with van der Waals surface area (Å²) in [7, 11) is 0. The molecule has 0 bridgehead atoms. The van der Waals surface area contributed by atoms with E-state index in [4.69, 9.17) is 4.74 Å². The summed E-state index contributed by atoms with van der Waals surface area (Å²) in [5.41, 5.74) is 2.65. The molecular weight excluding hydrogens is 314 g/mol. The Morgan fingerprint density at radius 1 is 1.04 bits per heavy atom. The third kappa shape index (κ3) is 4.80. The van der Waals surface area contributed by atoms with E-state index in [-0.39, 0.29) is 24.4 Å². The van der Waals surface area contributed by atoms with Gasteiger partial charge < -0.3 is 10.1 Å². The van der Waals surface area contributed by atoms with Gasteiger partial charge in [-0.25, -0.2) is 0 Å². The van der Waals surface area contributed by atoms with Gasteiger partial charge in [0.25, 0.3) is 5.91 Å². The van der Waals surface area contributed by atoms with Crippen LogP contribution in [0, 0.1) is 5.92 Å². The molecule has 0 spiro atoms. The summed E-state index contributed by atoms with van der Waals surface area (Å²) in [5, 5.41) is 2.83. The average Bonchev–Trinajstić information content (AvgIpc) is 3.14. The standard InChI is InChI=1S/C21H21NO3/c23-20(15-25-21(24)14-16-8-4-5-9-16)22-19-13-7-6-12-18(19)17-10-2-1-3-11-17/h1-4,6-8,10-13,16H,5,9,14-15H2,(H,22,23)/t16-/m1/s1. The molecule has 1 aliphatic carbocycles. The first-order valence-electron chi connectivity index (χ1n) is 8.49. The van der Waals surface area contributed by atoms with E-state index in [1.807, 2.05) is 60.7 Å². The Kier molecular flexibility index (Phi) is 5.62. The number of para-hydroxylation sites is 1. The Balaban J connectivity index is 1.56. The van der Waals surface area contributed by atoms with Crippen molar-refractivity contribution in [1.82, 2.24) is 0 Å². The van der Waals surface area contributed by atoms with Crippen molar-refractivity contribution in [2.24, 2.45) is 5.92 Å². The zero-order valence-electron chi connectivity index (χ0n) is 14.0. The van der Waals surface area contributed by atoms with Crippen LogP contribution in [0.4, 0.5) is 5.69 Å². The van der Waals surface area contributed by atoms with Gasteiger partial charge in [-0.1, -0.05) is 60.7 Å². The molecule has 3 rings (SSSR count). The van der Waals surface area contributed by atoms with Gasteiger partial charge in [0.15, 0.2) is 6.61 Å². The van der Waals surface area contributed by atoms with Gasteiger partial charge in [-0.2, -0.15) is 0 Å². The van der Waals surface area contributed by atoms with E-state index in [1.165, 1.54) is 0 Å². The topological polar surface area (TPSA) is 55.4 Å². The van der Waals surface area contributed by atoms with E-state index in [0.717, 1.165) is 24.0 Å². The number of anilines is 1. The Labute approximate surface area is 147 Å². The summed E-state index contributed by atoms with van der Waals surface area (Å²) in [6, 6.07) is 17.4. The first-order chi connectivity index (χ1) is 12.2. The molecule has 2 aromatic carbocycles. The first-order valence-corrected chi connectivity index (χ1v) is 8.49. The van der Waals surface area contributed by atoms with Crippen molar-refractivity contribution in [3.8, 4) is 11.1 Å². The van der Waals surface area contributed by atoms with Crippen LogP contribution in [0.2, 0.25) is 0 Å². The molecule has 4 nitrogen and oxygen atoms in total. The highest BCUT2D eigenvalue weighted by molar-refractivity contribution is 5.96. The van der Waals surface area contributed by atoms with Gasteiger partial charge in [0, 0.05) is 11.3 Å². The molecule has 0 fully saturated rings. The highest BCUT2D eigenvalue weighted by atomic mass is 16.5. The minimum atomic E-state index is -0.335. The summed E-state index contributed by atoms with van der Waals surface area (Å²) in [6.45, 7) is -0.265. The SMILES string of the molecule is O=C(COC(=O)C[C@@H]1C=CCC1)Nc1ccccc1-c1ccccc1. The lowest BCUT2D eigenvalue weighted by atomic mass is 10.0. The van der Waals surface area contributed by atoms with Gasteiger partial charge in [0.2, 0.25) is 0 Å². The normalized spacial score (nSPS) is 15.8. The lowest BCUT2D eigenvalue weighted by Gasteiger charge is -2.12. The molecule has 0 radical (unpaired) electrons. The Hall–Kier alpha value is -2.88. The van der Waals surface area contributed by atoms with Crippen molar-refractivity contribution < 1.29 is 14.3 Å². The van der Waals surface area contributed by atoms with E-state index in [0.29, 0.717) is 12.1 Å². The quantitative estimate of drug-likeness (QED) is 0.636. The second kappa shape index (κ2) is 8.29. The van der Waals surface area contributed by atoms with Crippen LogP contribution in [0.3, 0.4) is 0 Å². The number of amides is 1. The van der Waals surface area contributed by atoms with Gasteiger partial charge >= 0.3 is 5.97 Å². The summed E-state index contributed by atoms with van der Waals surface area (Å²) < 4.78 is 5.10. The number of esters is 1. The van der Waals surface area contributed by atoms with Crippen LogP contribution in [-0.2, 0) is 14.3 Å². The fraction of sp³-hybridized carbons (Fsp3) is 0.238. The van der Waals surface area contributed by atoms with Crippen LogP contribution < -0.4 is 5.32 Å². The third-order valence-corrected chi connectivity index (χ3v) is 4.19. The van der Waals surface area contributed by atoms with Crippen molar-refractivity contribution in [1.29, 1.82) is 0 Å². The van der Waals surface area contributed by atoms with Crippen LogP contribution in [0.15, 0.2) is 66.7 Å². The van der Waals surface area contributed by atoms with Crippen molar-refractivity contribution in [2.45, 2.75) is 19.3 Å². The molecule has 25 heavy (non-hydrogen) atoms. The second-order valence-electron chi connectivity index (χ2n) is 6.09. The predicted octanol–water partition coefficient (Wildman–Crippen LogP) is 4.19. The molecule has 0 heterocycles. The molecule has 0 saturated carbocycles. The maximum Gasteiger partial charge on any atom is 0.306 e. The van der Waals surface area contributed by atoms with E-state index in [9.17, 15) is 9.59 Å². The van der Waals surface area contributed by atoms with Gasteiger partial charge in [-0.15, -0.1) is 0 Å². The molecule has 0 aromatic heterocycles. The number of benzene rings is 2. The van der Waals surface area contributed by atoms with Crippen LogP contribution in [0.5, 0.6) is 0 Å². The molecule has 1 N–H and O–H groups in total. The summed E-state index contributed by atoms with van der Waals surface area (Å²) >= 11 is 0. The Morgan fingerprint density at radius 2 is 1.80 bits per heavy atom. The van der Waals surface area contributed by atoms with E-state index in [2.05, 4.69) is 11.4 Å². The maximum absolute atomic E-state index is 12.1. The first kappa shape index (κ1) is 17.0. The fourth-order valence-corrected chi connectivity index (χ4v) is 2.93. The van der Waals surface area contributed by atoms with Gasteiger partial charge in [-0.3, -0.25) is 9.59 Å². The van der Waals surface area contributed by atoms with E-state index < -0.39 is 0 Å². The predicted molar refractivity (Wildman–Crippen MR) is 97.9 cm³/mol. The third-order valence-electron chi connectivity index (χ3n) is 4.19. The molecule has 1 amide bonds. The van der Waals surface area contributed by atoms with Crippen LogP contribution in [0.1, 0.15) is 19.3 Å². The summed E-state index contributed by atoms with van der Waals surface area (Å²) in [4.78, 5) is 23.9. The van der Waals surface area contributed by atoms with Crippen molar-refractivity contribution in [3.05, 3.63) is 66.7 Å². The number of hydrogen-bond acceptors (Lipinski definition) is 3. The van der Waals surface area contributed by atoms with Gasteiger partial charge in [0.1, 0.15) is 0 Å². The molecule has 2 aromatic rings. The molecule has 4 heteroatoms. The van der Waals surface area contributed by atoms with Gasteiger partial charge in [0.05, 0.1) is 6.42 Å². The second-order valence-corrected chi connectivity index (χ2v) is 6.09. The number of carbonyl (C=O) groups excluding carboxylic acids is 2. The zero-order chi connectivity index (χ0) is 17.5. The fourth-order valence-electron chi connectivity index (χ4n) is 2.93. The molecule has 0 saturated heterocycles. The van der Waals surface area contributed by atoms with Crippen LogP contribution in [-0.4, -0.2) is 18.5 Å². The average molecular weight is 335 g/mol. The molecule has 0 unspecified atom stereocenters. The van der Waals surface area contributed by atoms with Crippen molar-refractivity contribution >= 4 is 17.6 Å². The molecule has 1 atom stereocenters. The highest BCUT2D eigenvalue weighted by Gasteiger charge is 2.16. The number of allylic oxidation sites excluding steroid dienone is 2. The van der Waals surface area contributed by atoms with Crippen molar-refractivity contribution in [3.63, 3.8) is 0 Å². The van der Waals surface area contributed by atoms with E-state index >= 15 is 0 Å². The highest BCUT2D eigenvalue weighted by Crippen LogP contribution is 2.27. The summed E-state index contributed by atoms with van der Waals surface area (Å²) in [5.74, 6) is -0.420. The summed E-state index contributed by atoms with van der Waals surface area (Å²) in [6.07, 6.45) is 6.44. The number of ether oxygens (including phenoxy) is 1. The zero-order valence-corrected chi connectivity index (χ0v) is 14.0. The largest absolute Gasteiger partial charge is 0.456 e. The molecule has 1 aliphatic rings. The number of nitrogens with one attached hydrogen (secondary N) is 1. The minimum Gasteiger partial charge on any atom is -0.456 e. The molecular formula is C21H21NO3. The van der Waals surface area contributed by atoms with Crippen molar-refractivity contribution in [2.75, 3.05) is 11.9 Å². The smallest absolute Gasteiger partial charge is 0.306 e. The molecule has 128 valence electrons. The van der Waals surface area contributed by atoms with Crippen LogP contribution >= 0.6 is 0 Å². The monoisotopic (exact) mass is 335 g/mol. The van der Waals surface area contributed by atoms with Gasteiger partial charge in [-0.05, 0) is 30.4 Å². The minimum absolute atomic E-state index is 0.245. The Bertz CT molecular complexity index is 768. The number of rotatable bonds is 6. The van der Waals surface area contributed by atoms with E-state index in [1.54, 1.807) is 0 Å². The lowest BCUT2D eigenvalue weighted by molar-refractivity contribution is -0.147. The number of hydrogen-bond donors (Lipinski definition) is 1. The maximum atomic E-state index is 12.1. The number of carbonyl (C=O) groups is 2. The van der Waals surface area contributed by atoms with Crippen LogP contribution in [0.25, 0.3) is 11.1 Å². The Morgan fingerprint density at radius 3 is 2.56 bits per heavy atom. The lowest BCUT2D eigenvalue weighted by Crippen LogP contribution is -2.21. The molecule has 0 aliphatic heterocycles.